The van der Waals surface area contributed by atoms with Gasteiger partial charge in [-0.15, -0.1) is 0 Å². The van der Waals surface area contributed by atoms with Crippen molar-refractivity contribution >= 4 is 57.8 Å². The van der Waals surface area contributed by atoms with Gasteiger partial charge in [-0.3, -0.25) is 9.69 Å². The Morgan fingerprint density at radius 3 is 2.47 bits per heavy atom. The van der Waals surface area contributed by atoms with E-state index < -0.39 is 17.7 Å². The summed E-state index contributed by atoms with van der Waals surface area (Å²) in [5.41, 5.74) is 3.33. The van der Waals surface area contributed by atoms with Crippen molar-refractivity contribution in [2.75, 3.05) is 10.2 Å². The van der Waals surface area contributed by atoms with Gasteiger partial charge < -0.3 is 15.4 Å². The highest BCUT2D eigenvalue weighted by Gasteiger charge is 2.59. The van der Waals surface area contributed by atoms with Gasteiger partial charge in [0.25, 0.3) is 0 Å². The Morgan fingerprint density at radius 2 is 1.76 bits per heavy atom. The number of benzene rings is 3. The Balaban J connectivity index is 1.63. The Bertz CT molecular complexity index is 1310. The molecule has 2 bridgehead atoms. The van der Waals surface area contributed by atoms with E-state index in [-0.39, 0.29) is 5.91 Å². The molecule has 3 atom stereocenters. The zero-order chi connectivity index (χ0) is 24.2. The normalized spacial score (nSPS) is 23.0. The van der Waals surface area contributed by atoms with Gasteiger partial charge in [-0.1, -0.05) is 40.9 Å². The van der Waals surface area contributed by atoms with E-state index in [1.54, 1.807) is 18.2 Å². The first-order chi connectivity index (χ1) is 16.2. The standard InChI is InChI=1S/C26H23Cl2N3O2S/c1-14-4-10-20(15(2)12-14)29-24(32)22-23-19-13-17(28)7-11-21(19)33-26(22,3)31(25(34)30-23)18-8-5-16(27)6-9-18/h4-13,22-23H,1-3H3,(H,29,32)(H,30,34)/t22-,23+,26+/m1/s1. The molecular formula is C26H23Cl2N3O2S. The van der Waals surface area contributed by atoms with Crippen molar-refractivity contribution in [1.29, 1.82) is 0 Å². The Hall–Kier alpha value is -2.80. The Morgan fingerprint density at radius 1 is 1.06 bits per heavy atom. The number of thiocarbonyl (C=S) groups is 1. The number of carbonyl (C=O) groups is 1. The zero-order valence-electron chi connectivity index (χ0n) is 18.9. The molecule has 0 saturated carbocycles. The van der Waals surface area contributed by atoms with E-state index in [2.05, 4.69) is 10.6 Å². The number of fused-ring (bicyclic) bond motifs is 4. The van der Waals surface area contributed by atoms with Gasteiger partial charge in [0.15, 0.2) is 10.8 Å². The summed E-state index contributed by atoms with van der Waals surface area (Å²) in [5, 5.41) is 8.13. The van der Waals surface area contributed by atoms with Crippen molar-refractivity contribution in [3.63, 3.8) is 0 Å². The molecule has 0 aliphatic carbocycles. The van der Waals surface area contributed by atoms with Crippen LogP contribution in [0.25, 0.3) is 0 Å². The second kappa shape index (κ2) is 8.45. The lowest BCUT2D eigenvalue weighted by Crippen LogP contribution is -2.72. The number of rotatable bonds is 3. The van der Waals surface area contributed by atoms with Gasteiger partial charge in [-0.25, -0.2) is 0 Å². The van der Waals surface area contributed by atoms with Crippen LogP contribution >= 0.6 is 35.4 Å². The monoisotopic (exact) mass is 511 g/mol. The number of nitrogens with zero attached hydrogens (tertiary/aromatic N) is 1. The number of amides is 1. The second-order valence-corrected chi connectivity index (χ2v) is 10.1. The van der Waals surface area contributed by atoms with Crippen LogP contribution < -0.4 is 20.3 Å². The second-order valence-electron chi connectivity index (χ2n) is 8.86. The molecule has 5 rings (SSSR count). The molecule has 0 spiro atoms. The van der Waals surface area contributed by atoms with Gasteiger partial charge in [-0.2, -0.15) is 0 Å². The highest BCUT2D eigenvalue weighted by molar-refractivity contribution is 7.80. The molecule has 3 aromatic rings. The Kier molecular flexibility index (Phi) is 5.71. The van der Waals surface area contributed by atoms with E-state index in [0.29, 0.717) is 20.9 Å². The molecule has 2 aliphatic rings. The predicted molar refractivity (Wildman–Crippen MR) is 141 cm³/mol. The van der Waals surface area contributed by atoms with Crippen molar-refractivity contribution in [3.05, 3.63) is 87.4 Å². The number of ether oxygens (including phenoxy) is 1. The lowest BCUT2D eigenvalue weighted by atomic mass is 9.78. The fourth-order valence-corrected chi connectivity index (χ4v) is 5.62. The van der Waals surface area contributed by atoms with Crippen LogP contribution in [0.2, 0.25) is 10.0 Å². The quantitative estimate of drug-likeness (QED) is 0.398. The number of anilines is 2. The smallest absolute Gasteiger partial charge is 0.236 e. The van der Waals surface area contributed by atoms with Gasteiger partial charge in [0.05, 0.1) is 6.04 Å². The van der Waals surface area contributed by atoms with Crippen LogP contribution in [0.4, 0.5) is 11.4 Å². The number of hydrogen-bond acceptors (Lipinski definition) is 3. The molecule has 174 valence electrons. The number of halogens is 2. The molecule has 8 heteroatoms. The van der Waals surface area contributed by atoms with E-state index in [1.807, 2.05) is 68.1 Å². The summed E-state index contributed by atoms with van der Waals surface area (Å²) < 4.78 is 6.58. The largest absolute Gasteiger partial charge is 0.467 e. The highest BCUT2D eigenvalue weighted by Crippen LogP contribution is 2.50. The first-order valence-electron chi connectivity index (χ1n) is 10.9. The minimum absolute atomic E-state index is 0.181. The third-order valence-electron chi connectivity index (χ3n) is 6.47. The molecule has 5 nitrogen and oxygen atoms in total. The molecule has 0 unspecified atom stereocenters. The molecule has 34 heavy (non-hydrogen) atoms. The average Bonchev–Trinajstić information content (AvgIpc) is 2.77. The fraction of sp³-hybridized carbons (Fsp3) is 0.231. The SMILES string of the molecule is Cc1ccc(NC(=O)[C@H]2[C@H]3NC(=S)N(c4ccc(Cl)cc4)[C@@]2(C)Oc2ccc(Cl)cc23)c(C)c1. The van der Waals surface area contributed by atoms with Crippen molar-refractivity contribution in [3.8, 4) is 5.75 Å². The van der Waals surface area contributed by atoms with Crippen LogP contribution in [-0.2, 0) is 4.79 Å². The summed E-state index contributed by atoms with van der Waals surface area (Å²) >= 11 is 18.2. The van der Waals surface area contributed by atoms with E-state index in [0.717, 1.165) is 28.1 Å². The summed E-state index contributed by atoms with van der Waals surface area (Å²) in [7, 11) is 0. The molecule has 0 aromatic heterocycles. The zero-order valence-corrected chi connectivity index (χ0v) is 21.2. The van der Waals surface area contributed by atoms with Gasteiger partial charge in [0, 0.05) is 27.0 Å². The minimum Gasteiger partial charge on any atom is -0.467 e. The molecule has 2 N–H and O–H groups in total. The number of carbonyl (C=O) groups excluding carboxylic acids is 1. The van der Waals surface area contributed by atoms with Crippen LogP contribution in [-0.4, -0.2) is 16.7 Å². The van der Waals surface area contributed by atoms with Gasteiger partial charge in [-0.05, 0) is 87.1 Å². The topological polar surface area (TPSA) is 53.6 Å². The van der Waals surface area contributed by atoms with Crippen molar-refractivity contribution < 1.29 is 9.53 Å². The molecule has 2 heterocycles. The van der Waals surface area contributed by atoms with E-state index in [1.165, 1.54) is 0 Å². The maximum Gasteiger partial charge on any atom is 0.236 e. The lowest BCUT2D eigenvalue weighted by Gasteiger charge is -2.56. The molecule has 2 aliphatic heterocycles. The highest BCUT2D eigenvalue weighted by atomic mass is 35.5. The summed E-state index contributed by atoms with van der Waals surface area (Å²) in [5.74, 6) is -0.179. The van der Waals surface area contributed by atoms with Crippen LogP contribution in [0.3, 0.4) is 0 Å². The molecular weight excluding hydrogens is 489 g/mol. The van der Waals surface area contributed by atoms with Crippen molar-refractivity contribution in [2.24, 2.45) is 5.92 Å². The van der Waals surface area contributed by atoms with Crippen LogP contribution in [0.5, 0.6) is 5.75 Å². The van der Waals surface area contributed by atoms with Crippen LogP contribution in [0.15, 0.2) is 60.7 Å². The molecule has 1 fully saturated rings. The van der Waals surface area contributed by atoms with Crippen LogP contribution in [0, 0.1) is 19.8 Å². The molecule has 0 radical (unpaired) electrons. The fourth-order valence-electron chi connectivity index (χ4n) is 4.90. The summed E-state index contributed by atoms with van der Waals surface area (Å²) in [4.78, 5) is 15.7. The van der Waals surface area contributed by atoms with E-state index >= 15 is 0 Å². The predicted octanol–water partition coefficient (Wildman–Crippen LogP) is 6.41. The van der Waals surface area contributed by atoms with E-state index in [9.17, 15) is 4.79 Å². The van der Waals surface area contributed by atoms with Crippen LogP contribution in [0.1, 0.15) is 29.7 Å². The summed E-state index contributed by atoms with van der Waals surface area (Å²) in [6.45, 7) is 5.89. The van der Waals surface area contributed by atoms with Gasteiger partial charge in [0.2, 0.25) is 5.91 Å². The average molecular weight is 512 g/mol. The first kappa shape index (κ1) is 23.0. The first-order valence-corrected chi connectivity index (χ1v) is 12.1. The van der Waals surface area contributed by atoms with Crippen molar-refractivity contribution in [2.45, 2.75) is 32.5 Å². The van der Waals surface area contributed by atoms with E-state index in [4.69, 9.17) is 40.2 Å². The number of hydrogen-bond donors (Lipinski definition) is 2. The third-order valence-corrected chi connectivity index (χ3v) is 7.25. The summed E-state index contributed by atoms with van der Waals surface area (Å²) in [6, 6.07) is 18.3. The Labute approximate surface area is 214 Å². The van der Waals surface area contributed by atoms with Gasteiger partial charge >= 0.3 is 0 Å². The third kappa shape index (κ3) is 3.80. The molecule has 1 saturated heterocycles. The summed E-state index contributed by atoms with van der Waals surface area (Å²) in [6.07, 6.45) is 0. The molecule has 1 amide bonds. The van der Waals surface area contributed by atoms with Gasteiger partial charge in [0.1, 0.15) is 11.7 Å². The number of aryl methyl sites for hydroxylation is 2. The minimum atomic E-state index is -1.11. The maximum absolute atomic E-state index is 13.9. The lowest BCUT2D eigenvalue weighted by molar-refractivity contribution is -0.130. The number of nitrogens with one attached hydrogen (secondary N) is 2. The van der Waals surface area contributed by atoms with Crippen molar-refractivity contribution in [1.82, 2.24) is 5.32 Å². The molecule has 3 aromatic carbocycles. The maximum atomic E-state index is 13.9.